The third-order valence-electron chi connectivity index (χ3n) is 5.20. The molecule has 0 spiro atoms. The molecule has 0 N–H and O–H groups in total. The molecular weight excluding hydrogens is 326 g/mol. The van der Waals surface area contributed by atoms with Crippen LogP contribution < -0.4 is 0 Å². The molecular formula is C18H18ClN3S. The summed E-state index contributed by atoms with van der Waals surface area (Å²) in [6.07, 6.45) is 1.86. The Morgan fingerprint density at radius 3 is 2.70 bits per heavy atom. The van der Waals surface area contributed by atoms with Gasteiger partial charge in [-0.15, -0.1) is 11.3 Å². The molecule has 0 bridgehead atoms. The van der Waals surface area contributed by atoms with Crippen molar-refractivity contribution in [2.75, 3.05) is 0 Å². The SMILES string of the molecule is CC1(C)N=C(c2cnn3c(Cl)ccc3c2)c2sccc2C1(C)C. The van der Waals surface area contributed by atoms with Gasteiger partial charge in [-0.2, -0.15) is 5.10 Å². The molecule has 118 valence electrons. The molecule has 4 heterocycles. The molecule has 23 heavy (non-hydrogen) atoms. The van der Waals surface area contributed by atoms with Crippen LogP contribution in [0.3, 0.4) is 0 Å². The predicted octanol–water partition coefficient (Wildman–Crippen LogP) is 4.96. The standard InChI is InChI=1S/C18H18ClN3S/c1-17(2)13-7-8-23-16(13)15(21-18(17,3)4)11-9-12-5-6-14(19)22(12)20-10-11/h5-10H,1-4H3. The number of aliphatic imine (C=N–C) groups is 1. The van der Waals surface area contributed by atoms with Gasteiger partial charge in [0.15, 0.2) is 0 Å². The first-order valence-electron chi connectivity index (χ1n) is 7.63. The van der Waals surface area contributed by atoms with E-state index in [1.54, 1.807) is 15.9 Å². The summed E-state index contributed by atoms with van der Waals surface area (Å²) in [5.74, 6) is 0. The lowest BCUT2D eigenvalue weighted by Gasteiger charge is -2.43. The van der Waals surface area contributed by atoms with Crippen molar-refractivity contribution in [3.8, 4) is 0 Å². The largest absolute Gasteiger partial charge is 0.276 e. The van der Waals surface area contributed by atoms with Crippen molar-refractivity contribution in [1.82, 2.24) is 9.61 Å². The second kappa shape index (κ2) is 4.68. The quantitative estimate of drug-likeness (QED) is 0.614. The molecule has 0 aromatic carbocycles. The zero-order valence-corrected chi connectivity index (χ0v) is 15.2. The highest BCUT2D eigenvalue weighted by Crippen LogP contribution is 2.45. The van der Waals surface area contributed by atoms with Crippen LogP contribution in [0.2, 0.25) is 5.15 Å². The van der Waals surface area contributed by atoms with Crippen molar-refractivity contribution in [2.45, 2.75) is 38.6 Å². The first-order valence-corrected chi connectivity index (χ1v) is 8.89. The van der Waals surface area contributed by atoms with Crippen molar-refractivity contribution in [2.24, 2.45) is 4.99 Å². The number of hydrogen-bond donors (Lipinski definition) is 0. The molecule has 1 aliphatic rings. The van der Waals surface area contributed by atoms with Gasteiger partial charge < -0.3 is 0 Å². The number of fused-ring (bicyclic) bond motifs is 2. The van der Waals surface area contributed by atoms with Crippen LogP contribution in [-0.4, -0.2) is 20.9 Å². The molecule has 4 rings (SSSR count). The Morgan fingerprint density at radius 1 is 1.13 bits per heavy atom. The van der Waals surface area contributed by atoms with E-state index in [-0.39, 0.29) is 11.0 Å². The van der Waals surface area contributed by atoms with E-state index in [1.807, 2.05) is 18.3 Å². The van der Waals surface area contributed by atoms with E-state index in [4.69, 9.17) is 16.6 Å². The smallest absolute Gasteiger partial charge is 0.131 e. The zero-order chi connectivity index (χ0) is 16.4. The molecule has 3 aromatic heterocycles. The van der Waals surface area contributed by atoms with Crippen molar-refractivity contribution in [1.29, 1.82) is 0 Å². The molecule has 0 fully saturated rings. The van der Waals surface area contributed by atoms with Gasteiger partial charge >= 0.3 is 0 Å². The molecule has 0 saturated heterocycles. The second-order valence-electron chi connectivity index (χ2n) is 7.04. The summed E-state index contributed by atoms with van der Waals surface area (Å²) in [5.41, 5.74) is 4.25. The maximum atomic E-state index is 6.13. The summed E-state index contributed by atoms with van der Waals surface area (Å²) >= 11 is 7.88. The summed E-state index contributed by atoms with van der Waals surface area (Å²) in [6, 6.07) is 8.18. The van der Waals surface area contributed by atoms with E-state index in [1.165, 1.54) is 10.4 Å². The highest BCUT2D eigenvalue weighted by Gasteiger charge is 2.44. The number of rotatable bonds is 1. The number of nitrogens with zero attached hydrogens (tertiary/aromatic N) is 3. The van der Waals surface area contributed by atoms with E-state index < -0.39 is 0 Å². The van der Waals surface area contributed by atoms with Gasteiger partial charge in [0.2, 0.25) is 0 Å². The van der Waals surface area contributed by atoms with Crippen molar-refractivity contribution in [3.63, 3.8) is 0 Å². The van der Waals surface area contributed by atoms with Crippen LogP contribution in [0.1, 0.15) is 43.7 Å². The van der Waals surface area contributed by atoms with Crippen molar-refractivity contribution < 1.29 is 0 Å². The van der Waals surface area contributed by atoms with Crippen LogP contribution in [0, 0.1) is 0 Å². The minimum absolute atomic E-state index is 0.00171. The highest BCUT2D eigenvalue weighted by molar-refractivity contribution is 7.12. The van der Waals surface area contributed by atoms with Crippen LogP contribution in [0.25, 0.3) is 5.52 Å². The van der Waals surface area contributed by atoms with Crippen LogP contribution in [0.4, 0.5) is 0 Å². The first kappa shape index (κ1) is 14.9. The minimum Gasteiger partial charge on any atom is -0.276 e. The predicted molar refractivity (Wildman–Crippen MR) is 97.3 cm³/mol. The highest BCUT2D eigenvalue weighted by atomic mass is 35.5. The van der Waals surface area contributed by atoms with E-state index in [0.717, 1.165) is 16.8 Å². The van der Waals surface area contributed by atoms with E-state index >= 15 is 0 Å². The Bertz CT molecular complexity index is 946. The molecule has 1 aliphatic heterocycles. The first-order chi connectivity index (χ1) is 10.8. The lowest BCUT2D eigenvalue weighted by molar-refractivity contribution is 0.305. The summed E-state index contributed by atoms with van der Waals surface area (Å²) < 4.78 is 1.73. The summed E-state index contributed by atoms with van der Waals surface area (Å²) in [6.45, 7) is 8.95. The third-order valence-corrected chi connectivity index (χ3v) is 6.41. The molecule has 0 radical (unpaired) electrons. The normalized spacial score (nSPS) is 18.7. The maximum Gasteiger partial charge on any atom is 0.131 e. The van der Waals surface area contributed by atoms with Crippen LogP contribution in [-0.2, 0) is 5.41 Å². The summed E-state index contributed by atoms with van der Waals surface area (Å²) in [7, 11) is 0. The van der Waals surface area contributed by atoms with Gasteiger partial charge in [0.25, 0.3) is 0 Å². The fraction of sp³-hybridized carbons (Fsp3) is 0.333. The van der Waals surface area contributed by atoms with Crippen LogP contribution >= 0.6 is 22.9 Å². The lowest BCUT2D eigenvalue weighted by atomic mass is 9.68. The molecule has 0 amide bonds. The summed E-state index contributed by atoms with van der Waals surface area (Å²) in [4.78, 5) is 6.36. The topological polar surface area (TPSA) is 29.7 Å². The molecule has 5 heteroatoms. The minimum atomic E-state index is -0.178. The van der Waals surface area contributed by atoms with Gasteiger partial charge in [0.05, 0.1) is 27.8 Å². The van der Waals surface area contributed by atoms with Gasteiger partial charge in [-0.05, 0) is 49.1 Å². The Balaban J connectivity index is 1.95. The van der Waals surface area contributed by atoms with E-state index in [9.17, 15) is 0 Å². The van der Waals surface area contributed by atoms with Crippen LogP contribution in [0.5, 0.6) is 0 Å². The third kappa shape index (κ3) is 2.01. The monoisotopic (exact) mass is 343 g/mol. The van der Waals surface area contributed by atoms with Gasteiger partial charge in [-0.3, -0.25) is 4.99 Å². The number of aromatic nitrogens is 2. The van der Waals surface area contributed by atoms with Gasteiger partial charge in [0.1, 0.15) is 5.15 Å². The average molecular weight is 344 g/mol. The zero-order valence-electron chi connectivity index (χ0n) is 13.6. The Hall–Kier alpha value is -1.65. The summed E-state index contributed by atoms with van der Waals surface area (Å²) in [5, 5.41) is 7.24. The van der Waals surface area contributed by atoms with Gasteiger partial charge in [-0.1, -0.05) is 25.4 Å². The van der Waals surface area contributed by atoms with Crippen molar-refractivity contribution in [3.05, 3.63) is 57.0 Å². The van der Waals surface area contributed by atoms with Gasteiger partial charge in [-0.25, -0.2) is 4.52 Å². The van der Waals surface area contributed by atoms with Crippen molar-refractivity contribution >= 4 is 34.2 Å². The molecule has 3 aromatic rings. The number of hydrogen-bond acceptors (Lipinski definition) is 3. The van der Waals surface area contributed by atoms with E-state index in [2.05, 4.69) is 50.3 Å². The Labute approximate surface area is 144 Å². The molecule has 0 atom stereocenters. The molecule has 0 aliphatic carbocycles. The van der Waals surface area contributed by atoms with Crippen LogP contribution in [0.15, 0.2) is 40.8 Å². The Kier molecular flexibility index (Phi) is 3.03. The molecule has 0 saturated carbocycles. The second-order valence-corrected chi connectivity index (χ2v) is 8.35. The number of thiophene rings is 1. The van der Waals surface area contributed by atoms with Gasteiger partial charge in [0, 0.05) is 11.0 Å². The molecule has 0 unspecified atom stereocenters. The average Bonchev–Trinajstić information content (AvgIpc) is 3.11. The van der Waals surface area contributed by atoms with E-state index in [0.29, 0.717) is 5.15 Å². The number of halogens is 1. The lowest BCUT2D eigenvalue weighted by Crippen LogP contribution is -2.45. The fourth-order valence-corrected chi connectivity index (χ4v) is 4.35. The Morgan fingerprint density at radius 2 is 1.91 bits per heavy atom. The fourth-order valence-electron chi connectivity index (χ4n) is 3.08. The molecule has 3 nitrogen and oxygen atoms in total. The maximum absolute atomic E-state index is 6.13.